The van der Waals surface area contributed by atoms with Crippen molar-refractivity contribution in [1.82, 2.24) is 4.90 Å². The smallest absolute Gasteiger partial charge is 0.0359 e. The molecule has 1 aromatic carbocycles. The Morgan fingerprint density at radius 3 is 2.18 bits per heavy atom. The molecule has 0 amide bonds. The first-order chi connectivity index (χ1) is 7.70. The molecule has 2 N–H and O–H groups in total. The summed E-state index contributed by atoms with van der Waals surface area (Å²) in [6.45, 7) is 8.49. The van der Waals surface area contributed by atoms with Crippen LogP contribution in [0.4, 0.5) is 0 Å². The van der Waals surface area contributed by atoms with Gasteiger partial charge in [-0.1, -0.05) is 18.2 Å². The van der Waals surface area contributed by atoms with Crippen LogP contribution in [0.3, 0.4) is 0 Å². The van der Waals surface area contributed by atoms with E-state index in [1.807, 2.05) is 0 Å². The van der Waals surface area contributed by atoms with Crippen LogP contribution in [0.1, 0.15) is 43.0 Å². The van der Waals surface area contributed by atoms with E-state index in [1.54, 1.807) is 0 Å². The molecular formula is C15H26N2. The van der Waals surface area contributed by atoms with Gasteiger partial charge in [-0.25, -0.2) is 0 Å². The Bertz CT molecular complexity index is 375. The molecule has 17 heavy (non-hydrogen) atoms. The van der Waals surface area contributed by atoms with Crippen molar-refractivity contribution in [2.75, 3.05) is 14.1 Å². The highest BCUT2D eigenvalue weighted by Gasteiger charge is 2.22. The van der Waals surface area contributed by atoms with Crippen LogP contribution in [0.5, 0.6) is 0 Å². The molecule has 1 atom stereocenters. The lowest BCUT2D eigenvalue weighted by Crippen LogP contribution is -2.37. The van der Waals surface area contributed by atoms with Gasteiger partial charge >= 0.3 is 0 Å². The van der Waals surface area contributed by atoms with Gasteiger partial charge in [0.1, 0.15) is 0 Å². The molecule has 96 valence electrons. The van der Waals surface area contributed by atoms with Gasteiger partial charge in [-0.2, -0.15) is 0 Å². The summed E-state index contributed by atoms with van der Waals surface area (Å²) in [5, 5.41) is 0. The van der Waals surface area contributed by atoms with Gasteiger partial charge in [0.2, 0.25) is 0 Å². The summed E-state index contributed by atoms with van der Waals surface area (Å²) < 4.78 is 0. The first kappa shape index (κ1) is 14.2. The fourth-order valence-electron chi connectivity index (χ4n) is 2.07. The van der Waals surface area contributed by atoms with Crippen molar-refractivity contribution in [3.8, 4) is 0 Å². The summed E-state index contributed by atoms with van der Waals surface area (Å²) in [6, 6.07) is 7.09. The van der Waals surface area contributed by atoms with Crippen LogP contribution in [-0.2, 0) is 0 Å². The van der Waals surface area contributed by atoms with Gasteiger partial charge in [0, 0.05) is 11.6 Å². The summed E-state index contributed by atoms with van der Waals surface area (Å²) in [4.78, 5) is 2.25. The van der Waals surface area contributed by atoms with Crippen LogP contribution in [0, 0.1) is 13.8 Å². The normalized spacial score (nSPS) is 14.1. The molecule has 2 nitrogen and oxygen atoms in total. The monoisotopic (exact) mass is 234 g/mol. The first-order valence-electron chi connectivity index (χ1n) is 6.23. The third kappa shape index (κ3) is 4.14. The maximum atomic E-state index is 6.15. The Balaban J connectivity index is 3.02. The number of aryl methyl sites for hydroxylation is 2. The topological polar surface area (TPSA) is 29.3 Å². The highest BCUT2D eigenvalue weighted by molar-refractivity contribution is 5.32. The SMILES string of the molecule is Cc1ccc(C(CC(C)(C)N)N(C)C)cc1C. The van der Waals surface area contributed by atoms with Crippen LogP contribution in [0.25, 0.3) is 0 Å². The van der Waals surface area contributed by atoms with Crippen LogP contribution in [-0.4, -0.2) is 24.5 Å². The quantitative estimate of drug-likeness (QED) is 0.867. The minimum atomic E-state index is -0.145. The molecule has 0 aromatic heterocycles. The van der Waals surface area contributed by atoms with E-state index in [0.29, 0.717) is 6.04 Å². The maximum absolute atomic E-state index is 6.15. The Kier molecular flexibility index (Phi) is 4.34. The van der Waals surface area contributed by atoms with Crippen molar-refractivity contribution in [3.63, 3.8) is 0 Å². The molecule has 0 fully saturated rings. The van der Waals surface area contributed by atoms with E-state index in [4.69, 9.17) is 5.73 Å². The first-order valence-corrected chi connectivity index (χ1v) is 6.23. The zero-order valence-electron chi connectivity index (χ0n) is 12.0. The van der Waals surface area contributed by atoms with Crippen molar-refractivity contribution in [3.05, 3.63) is 34.9 Å². The van der Waals surface area contributed by atoms with Crippen molar-refractivity contribution < 1.29 is 0 Å². The molecule has 0 aliphatic rings. The number of nitrogens with zero attached hydrogens (tertiary/aromatic N) is 1. The minimum absolute atomic E-state index is 0.145. The lowest BCUT2D eigenvalue weighted by atomic mass is 9.90. The standard InChI is InChI=1S/C15H26N2/c1-11-7-8-13(9-12(11)2)14(17(5)6)10-15(3,4)16/h7-9,14H,10,16H2,1-6H3. The van der Waals surface area contributed by atoms with E-state index in [-0.39, 0.29) is 5.54 Å². The van der Waals surface area contributed by atoms with Crippen LogP contribution in [0.2, 0.25) is 0 Å². The number of benzene rings is 1. The molecular weight excluding hydrogens is 208 g/mol. The van der Waals surface area contributed by atoms with E-state index in [9.17, 15) is 0 Å². The summed E-state index contributed by atoms with van der Waals surface area (Å²) in [5.74, 6) is 0. The summed E-state index contributed by atoms with van der Waals surface area (Å²) in [6.07, 6.45) is 0.961. The Hall–Kier alpha value is -0.860. The van der Waals surface area contributed by atoms with E-state index in [1.165, 1.54) is 16.7 Å². The third-order valence-corrected chi connectivity index (χ3v) is 3.26. The molecule has 0 radical (unpaired) electrons. The number of nitrogens with two attached hydrogens (primary N) is 1. The second-order valence-electron chi connectivity index (χ2n) is 6.02. The fourth-order valence-corrected chi connectivity index (χ4v) is 2.07. The lowest BCUT2D eigenvalue weighted by Gasteiger charge is -2.31. The molecule has 1 unspecified atom stereocenters. The second-order valence-corrected chi connectivity index (χ2v) is 6.02. The highest BCUT2D eigenvalue weighted by Crippen LogP contribution is 2.27. The summed E-state index contributed by atoms with van der Waals surface area (Å²) >= 11 is 0. The van der Waals surface area contributed by atoms with E-state index in [0.717, 1.165) is 6.42 Å². The van der Waals surface area contributed by atoms with Gasteiger partial charge in [0.05, 0.1) is 0 Å². The predicted molar refractivity (Wildman–Crippen MR) is 75.2 cm³/mol. The molecule has 1 rings (SSSR count). The summed E-state index contributed by atoms with van der Waals surface area (Å²) in [5.41, 5.74) is 10.1. The lowest BCUT2D eigenvalue weighted by molar-refractivity contribution is 0.243. The van der Waals surface area contributed by atoms with Crippen molar-refractivity contribution in [2.45, 2.75) is 45.7 Å². The van der Waals surface area contributed by atoms with Gasteiger partial charge in [-0.3, -0.25) is 0 Å². The zero-order valence-corrected chi connectivity index (χ0v) is 12.0. The number of hydrogen-bond acceptors (Lipinski definition) is 2. The minimum Gasteiger partial charge on any atom is -0.325 e. The average Bonchev–Trinajstić information content (AvgIpc) is 2.17. The van der Waals surface area contributed by atoms with E-state index >= 15 is 0 Å². The molecule has 0 bridgehead atoms. The number of hydrogen-bond donors (Lipinski definition) is 1. The largest absolute Gasteiger partial charge is 0.325 e. The van der Waals surface area contributed by atoms with Gasteiger partial charge in [-0.15, -0.1) is 0 Å². The third-order valence-electron chi connectivity index (χ3n) is 3.26. The Morgan fingerprint density at radius 1 is 1.18 bits per heavy atom. The molecule has 2 heteroatoms. The van der Waals surface area contributed by atoms with E-state index < -0.39 is 0 Å². The van der Waals surface area contributed by atoms with Crippen LogP contribution >= 0.6 is 0 Å². The second kappa shape index (κ2) is 5.19. The Morgan fingerprint density at radius 2 is 1.76 bits per heavy atom. The molecule has 0 aliphatic carbocycles. The van der Waals surface area contributed by atoms with Crippen molar-refractivity contribution in [1.29, 1.82) is 0 Å². The number of rotatable bonds is 4. The average molecular weight is 234 g/mol. The van der Waals surface area contributed by atoms with Crippen LogP contribution in [0.15, 0.2) is 18.2 Å². The molecule has 1 aromatic rings. The van der Waals surface area contributed by atoms with Gasteiger partial charge in [0.25, 0.3) is 0 Å². The van der Waals surface area contributed by atoms with Gasteiger partial charge in [0.15, 0.2) is 0 Å². The summed E-state index contributed by atoms with van der Waals surface area (Å²) in [7, 11) is 4.23. The molecule has 0 heterocycles. The highest BCUT2D eigenvalue weighted by atomic mass is 15.1. The molecule has 0 saturated heterocycles. The molecule has 0 aliphatic heterocycles. The van der Waals surface area contributed by atoms with Crippen molar-refractivity contribution in [2.24, 2.45) is 5.73 Å². The molecule has 0 saturated carbocycles. The van der Waals surface area contributed by atoms with Crippen LogP contribution < -0.4 is 5.73 Å². The maximum Gasteiger partial charge on any atom is 0.0359 e. The molecule has 0 spiro atoms. The fraction of sp³-hybridized carbons (Fsp3) is 0.600. The van der Waals surface area contributed by atoms with Gasteiger partial charge < -0.3 is 10.6 Å². The van der Waals surface area contributed by atoms with Gasteiger partial charge in [-0.05, 0) is 64.9 Å². The predicted octanol–water partition coefficient (Wildman–Crippen LogP) is 3.03. The zero-order chi connectivity index (χ0) is 13.2. The van der Waals surface area contributed by atoms with E-state index in [2.05, 4.69) is 64.9 Å². The Labute approximate surface area is 106 Å². The van der Waals surface area contributed by atoms with Crippen molar-refractivity contribution >= 4 is 0 Å².